The lowest BCUT2D eigenvalue weighted by molar-refractivity contribution is -0.137. The number of nitrogens with two attached hydrogens (primary N) is 3. The number of aliphatic carboxylic acids is 1. The van der Waals surface area contributed by atoms with Crippen molar-refractivity contribution < 1.29 is 24.3 Å². The van der Waals surface area contributed by atoms with Crippen LogP contribution in [0.15, 0.2) is 109 Å². The molecule has 11 nitrogen and oxygen atoms in total. The molecule has 320 valence electrons. The number of likely N-dealkylation sites (N-methyl/N-ethyl adjacent to an activating group) is 2. The Morgan fingerprint density at radius 3 is 1.27 bits per heavy atom. The highest BCUT2D eigenvalue weighted by Gasteiger charge is 2.21. The van der Waals surface area contributed by atoms with E-state index in [1.54, 1.807) is 24.3 Å². The number of nitrogens with zero attached hydrogens (tertiary/aromatic N) is 2. The molecule has 0 aliphatic heterocycles. The van der Waals surface area contributed by atoms with Gasteiger partial charge in [0.1, 0.15) is 0 Å². The van der Waals surface area contributed by atoms with Crippen molar-refractivity contribution in [2.45, 2.75) is 77.3 Å². The number of carboxylic acid groups (broad SMARTS) is 1. The van der Waals surface area contributed by atoms with Crippen LogP contribution >= 0.6 is 0 Å². The average Bonchev–Trinajstić information content (AvgIpc) is 3.20. The number of nitrogens with one attached hydrogen (secondary N) is 1. The number of amides is 3. The van der Waals surface area contributed by atoms with Crippen molar-refractivity contribution in [3.05, 3.63) is 143 Å². The first kappa shape index (κ1) is 49.8. The highest BCUT2D eigenvalue weighted by Crippen LogP contribution is 2.28. The number of benzene rings is 4. The van der Waals surface area contributed by atoms with E-state index in [1.807, 2.05) is 101 Å². The molecule has 4 aromatic carbocycles. The molecule has 0 bridgehead atoms. The Morgan fingerprint density at radius 1 is 0.576 bits per heavy atom. The summed E-state index contributed by atoms with van der Waals surface area (Å²) in [6.07, 6.45) is 2.35. The standard InChI is InChI=1S/C24H33N3O2.C12H19N3O.C12H16O2/c1-17(2)22(19-8-6-5-7-9-19)15-23(28)26-16-21(27(3)4)14-18-10-12-20(13-11-18)24(25)29;1-15(2)11(8-13)7-9-3-5-10(6-4-9)12(14)16;1-9(2)11(8-12(13)14)10-6-4-3-5-7-10/h5-13,17,21-22H,14-16H2,1-4H3,(H2,25,29)(H,26,28);3-6,11H,7-8,13H2,1-2H3,(H2,14,16);3-7,9,11H,8H2,1-2H3,(H,13,14)/t21-,22+;2*11-/m001/s1. The molecule has 4 aromatic rings. The van der Waals surface area contributed by atoms with Crippen molar-refractivity contribution in [3.63, 3.8) is 0 Å². The summed E-state index contributed by atoms with van der Waals surface area (Å²) in [5.41, 5.74) is 21.8. The van der Waals surface area contributed by atoms with Crippen molar-refractivity contribution in [1.82, 2.24) is 15.1 Å². The third-order valence-corrected chi connectivity index (χ3v) is 10.6. The number of rotatable bonds is 19. The van der Waals surface area contributed by atoms with Crippen LogP contribution < -0.4 is 22.5 Å². The molecular formula is C48H68N6O5. The van der Waals surface area contributed by atoms with Crippen molar-refractivity contribution >= 4 is 23.7 Å². The maximum Gasteiger partial charge on any atom is 0.303 e. The number of carbonyl (C=O) groups is 4. The van der Waals surface area contributed by atoms with Gasteiger partial charge in [-0.15, -0.1) is 0 Å². The van der Waals surface area contributed by atoms with Crippen molar-refractivity contribution in [3.8, 4) is 0 Å². The summed E-state index contributed by atoms with van der Waals surface area (Å²) in [7, 11) is 8.04. The first-order valence-electron chi connectivity index (χ1n) is 20.3. The summed E-state index contributed by atoms with van der Waals surface area (Å²) in [5, 5.41) is 11.9. The molecule has 0 spiro atoms. The maximum absolute atomic E-state index is 12.6. The second-order valence-electron chi connectivity index (χ2n) is 16.1. The second kappa shape index (κ2) is 25.9. The summed E-state index contributed by atoms with van der Waals surface area (Å²) in [6, 6.07) is 35.2. The molecule has 59 heavy (non-hydrogen) atoms. The Bertz CT molecular complexity index is 1830. The SMILES string of the molecule is CC(C)[C@@H](CC(=O)NC[C@H](Cc1ccc(C(N)=O)cc1)N(C)C)c1ccccc1.CC(C)[C@@H](CC(=O)O)c1ccccc1.CN(C)[C@H](CN)Cc1ccc(C(N)=O)cc1. The van der Waals surface area contributed by atoms with Gasteiger partial charge in [0.2, 0.25) is 17.7 Å². The van der Waals surface area contributed by atoms with Crippen LogP contribution in [0.2, 0.25) is 0 Å². The first-order valence-corrected chi connectivity index (χ1v) is 20.3. The lowest BCUT2D eigenvalue weighted by Gasteiger charge is -2.26. The monoisotopic (exact) mass is 809 g/mol. The van der Waals surface area contributed by atoms with Gasteiger partial charge >= 0.3 is 5.97 Å². The molecule has 8 N–H and O–H groups in total. The molecule has 0 saturated carbocycles. The van der Waals surface area contributed by atoms with E-state index in [0.717, 1.165) is 29.5 Å². The van der Waals surface area contributed by atoms with E-state index < -0.39 is 17.8 Å². The quantitative estimate of drug-likeness (QED) is 0.0729. The lowest BCUT2D eigenvalue weighted by atomic mass is 9.85. The van der Waals surface area contributed by atoms with Gasteiger partial charge in [0, 0.05) is 42.7 Å². The van der Waals surface area contributed by atoms with E-state index in [2.05, 4.69) is 54.9 Å². The van der Waals surface area contributed by atoms with E-state index in [0.29, 0.717) is 48.5 Å². The average molecular weight is 809 g/mol. The van der Waals surface area contributed by atoms with E-state index in [4.69, 9.17) is 22.3 Å². The van der Waals surface area contributed by atoms with Gasteiger partial charge in [-0.25, -0.2) is 0 Å². The fraction of sp³-hybridized carbons (Fsp3) is 0.417. The largest absolute Gasteiger partial charge is 0.481 e. The minimum absolute atomic E-state index is 0.0727. The molecule has 0 aliphatic rings. The summed E-state index contributed by atoms with van der Waals surface area (Å²) in [6.45, 7) is 9.61. The van der Waals surface area contributed by atoms with Crippen LogP contribution in [0.3, 0.4) is 0 Å². The van der Waals surface area contributed by atoms with Crippen LogP contribution in [0.5, 0.6) is 0 Å². The molecule has 11 heteroatoms. The van der Waals surface area contributed by atoms with Gasteiger partial charge in [-0.1, -0.05) is 113 Å². The molecule has 0 aromatic heterocycles. The number of hydrogen-bond acceptors (Lipinski definition) is 7. The number of primary amides is 2. The van der Waals surface area contributed by atoms with Gasteiger partial charge in [0.15, 0.2) is 0 Å². The van der Waals surface area contributed by atoms with Crippen LogP contribution in [-0.4, -0.2) is 92.0 Å². The Hall–Kier alpha value is -5.36. The molecule has 0 saturated heterocycles. The van der Waals surface area contributed by atoms with Gasteiger partial charge in [-0.3, -0.25) is 19.2 Å². The summed E-state index contributed by atoms with van der Waals surface area (Å²) in [5.74, 6) is -0.411. The number of hydrogen-bond donors (Lipinski definition) is 5. The van der Waals surface area contributed by atoms with Crippen molar-refractivity contribution in [2.24, 2.45) is 29.0 Å². The van der Waals surface area contributed by atoms with E-state index in [9.17, 15) is 19.2 Å². The third-order valence-electron chi connectivity index (χ3n) is 10.6. The normalized spacial score (nSPS) is 13.0. The van der Waals surface area contributed by atoms with E-state index in [-0.39, 0.29) is 30.2 Å². The molecular weight excluding hydrogens is 741 g/mol. The summed E-state index contributed by atoms with van der Waals surface area (Å²) >= 11 is 0. The molecule has 0 aliphatic carbocycles. The highest BCUT2D eigenvalue weighted by atomic mass is 16.4. The van der Waals surface area contributed by atoms with Crippen molar-refractivity contribution in [2.75, 3.05) is 41.3 Å². The predicted octanol–water partition coefficient (Wildman–Crippen LogP) is 6.32. The maximum atomic E-state index is 12.6. The molecule has 3 amide bonds. The topological polar surface area (TPSA) is 185 Å². The molecule has 4 rings (SSSR count). The van der Waals surface area contributed by atoms with Gasteiger partial charge in [-0.05, 0) is 111 Å². The third kappa shape index (κ3) is 18.4. The van der Waals surface area contributed by atoms with E-state index >= 15 is 0 Å². The molecule has 0 fully saturated rings. The summed E-state index contributed by atoms with van der Waals surface area (Å²) in [4.78, 5) is 49.7. The second-order valence-corrected chi connectivity index (χ2v) is 16.1. The van der Waals surface area contributed by atoms with E-state index in [1.165, 1.54) is 5.56 Å². The Morgan fingerprint density at radius 2 is 0.949 bits per heavy atom. The van der Waals surface area contributed by atoms with Crippen molar-refractivity contribution in [1.29, 1.82) is 0 Å². The van der Waals surface area contributed by atoms with Gasteiger partial charge in [-0.2, -0.15) is 0 Å². The zero-order valence-electron chi connectivity index (χ0n) is 36.3. The zero-order chi connectivity index (χ0) is 44.1. The first-order chi connectivity index (χ1) is 27.9. The minimum Gasteiger partial charge on any atom is -0.481 e. The number of carboxylic acids is 1. The Balaban J connectivity index is 0.000000337. The fourth-order valence-electron chi connectivity index (χ4n) is 6.64. The predicted molar refractivity (Wildman–Crippen MR) is 239 cm³/mol. The zero-order valence-corrected chi connectivity index (χ0v) is 36.3. The highest BCUT2D eigenvalue weighted by molar-refractivity contribution is 5.93. The van der Waals surface area contributed by atoms with Crippen LogP contribution in [0.1, 0.15) is 95.3 Å². The van der Waals surface area contributed by atoms with Crippen LogP contribution in [0.4, 0.5) is 0 Å². The van der Waals surface area contributed by atoms with Gasteiger partial charge in [0.05, 0.1) is 6.42 Å². The molecule has 0 heterocycles. The smallest absolute Gasteiger partial charge is 0.303 e. The number of carbonyl (C=O) groups excluding carboxylic acids is 3. The molecule has 0 unspecified atom stereocenters. The van der Waals surface area contributed by atoms with Crippen LogP contribution in [0.25, 0.3) is 0 Å². The minimum atomic E-state index is -0.729. The molecule has 0 radical (unpaired) electrons. The van der Waals surface area contributed by atoms with Crippen LogP contribution in [0, 0.1) is 11.8 Å². The lowest BCUT2D eigenvalue weighted by Crippen LogP contribution is -2.42. The summed E-state index contributed by atoms with van der Waals surface area (Å²) < 4.78 is 0. The molecule has 4 atom stereocenters. The van der Waals surface area contributed by atoms with Gasteiger partial charge < -0.3 is 37.4 Å². The fourth-order valence-corrected chi connectivity index (χ4v) is 6.64. The Labute approximate surface area is 352 Å². The van der Waals surface area contributed by atoms with Gasteiger partial charge in [0.25, 0.3) is 0 Å². The van der Waals surface area contributed by atoms with Crippen LogP contribution in [-0.2, 0) is 22.4 Å². The Kier molecular flexibility index (Phi) is 21.8.